The van der Waals surface area contributed by atoms with Crippen LogP contribution in [0.2, 0.25) is 0 Å². The maximum atomic E-state index is 14.2. The van der Waals surface area contributed by atoms with Crippen molar-refractivity contribution in [3.05, 3.63) is 11.6 Å². The zero-order valence-corrected chi connectivity index (χ0v) is 22.5. The number of carbonyl (C=O) groups excluding carboxylic acids is 1. The van der Waals surface area contributed by atoms with Crippen molar-refractivity contribution in [2.45, 2.75) is 112 Å². The van der Waals surface area contributed by atoms with E-state index in [1.54, 1.807) is 6.92 Å². The lowest BCUT2D eigenvalue weighted by Crippen LogP contribution is -2.67. The van der Waals surface area contributed by atoms with E-state index in [0.717, 1.165) is 32.1 Å². The smallest absolute Gasteiger partial charge is 0.312 e. The third kappa shape index (κ3) is 2.81. The van der Waals surface area contributed by atoms with Gasteiger partial charge >= 0.3 is 5.97 Å². The summed E-state index contributed by atoms with van der Waals surface area (Å²) < 4.78 is 0. The Bertz CT molecular complexity index is 965. The molecule has 4 saturated carbocycles. The highest BCUT2D eigenvalue weighted by atomic mass is 16.4. The van der Waals surface area contributed by atoms with Gasteiger partial charge in [-0.3, -0.25) is 9.59 Å². The summed E-state index contributed by atoms with van der Waals surface area (Å²) in [5.41, 5.74) is 0.179. The van der Waals surface area contributed by atoms with Crippen LogP contribution in [0, 0.1) is 50.2 Å². The second-order valence-corrected chi connectivity index (χ2v) is 15.0. The van der Waals surface area contributed by atoms with Crippen LogP contribution in [0.25, 0.3) is 0 Å². The Kier molecular flexibility index (Phi) is 5.04. The van der Waals surface area contributed by atoms with E-state index in [0.29, 0.717) is 17.8 Å². The lowest BCUT2D eigenvalue weighted by molar-refractivity contribution is -0.214. The van der Waals surface area contributed by atoms with Gasteiger partial charge in [0.1, 0.15) is 0 Å². The number of ketones is 1. The molecule has 0 aromatic heterocycles. The van der Waals surface area contributed by atoms with Gasteiger partial charge in [-0.1, -0.05) is 47.1 Å². The molecular weight excluding hydrogens is 424 g/mol. The summed E-state index contributed by atoms with van der Waals surface area (Å²) in [6, 6.07) is 0. The van der Waals surface area contributed by atoms with Gasteiger partial charge in [0, 0.05) is 5.92 Å². The van der Waals surface area contributed by atoms with Crippen molar-refractivity contribution in [1.29, 1.82) is 0 Å². The third-order valence-corrected chi connectivity index (χ3v) is 12.9. The highest BCUT2D eigenvalue weighted by molar-refractivity contribution is 5.96. The standard InChI is InChI=1S/C30H46O4/c1-25(2)12-13-26(3)14-15-28(5)18(19(26)17-25)16-20(31)23-27(4)10-9-22(32)30(7,24(33)34)21(27)8-11-29(23,28)6/h16,19,21-23,32H,8-15,17H2,1-7H3,(H,33,34)/t19?,21-,22-,23-,26-,27+,28-,29-,30-/m1/s1. The number of aliphatic carboxylic acids is 1. The Labute approximate surface area is 206 Å². The number of carboxylic acids is 1. The molecule has 0 bridgehead atoms. The number of aliphatic hydroxyl groups is 1. The molecule has 4 nitrogen and oxygen atoms in total. The highest BCUT2D eigenvalue weighted by Gasteiger charge is 2.71. The number of aliphatic hydroxyl groups excluding tert-OH is 1. The Hall–Kier alpha value is -1.16. The molecule has 190 valence electrons. The van der Waals surface area contributed by atoms with Gasteiger partial charge in [-0.15, -0.1) is 0 Å². The van der Waals surface area contributed by atoms with E-state index in [1.165, 1.54) is 24.8 Å². The first-order chi connectivity index (χ1) is 15.6. The Morgan fingerprint density at radius 1 is 0.912 bits per heavy atom. The highest BCUT2D eigenvalue weighted by Crippen LogP contribution is 2.75. The number of hydrogen-bond acceptors (Lipinski definition) is 3. The van der Waals surface area contributed by atoms with E-state index in [1.807, 2.05) is 0 Å². The summed E-state index contributed by atoms with van der Waals surface area (Å²) in [6.07, 6.45) is 10.00. The fraction of sp³-hybridized carbons (Fsp3) is 0.867. The lowest BCUT2D eigenvalue weighted by atomic mass is 9.33. The van der Waals surface area contributed by atoms with Crippen LogP contribution in [0.15, 0.2) is 11.6 Å². The van der Waals surface area contributed by atoms with E-state index in [2.05, 4.69) is 47.6 Å². The average Bonchev–Trinajstić information content (AvgIpc) is 2.73. The SMILES string of the molecule is CC1(C)CC[C@]2(C)CC[C@]3(C)C(=CC(=O)[C@@H]4[C@@]5(C)CC[C@@H](O)[C@](C)(C(=O)O)[C@@H]5CC[C@]43C)C2C1. The first-order valence-electron chi connectivity index (χ1n) is 13.7. The molecule has 5 rings (SSSR count). The third-order valence-electron chi connectivity index (χ3n) is 12.9. The zero-order valence-electron chi connectivity index (χ0n) is 22.5. The van der Waals surface area contributed by atoms with E-state index in [9.17, 15) is 19.8 Å². The maximum Gasteiger partial charge on any atom is 0.312 e. The van der Waals surface area contributed by atoms with E-state index in [-0.39, 0.29) is 33.9 Å². The molecule has 4 heteroatoms. The van der Waals surface area contributed by atoms with Gasteiger partial charge in [0.05, 0.1) is 11.5 Å². The number of carboxylic acid groups (broad SMARTS) is 1. The fourth-order valence-corrected chi connectivity index (χ4v) is 10.3. The second kappa shape index (κ2) is 6.99. The van der Waals surface area contributed by atoms with Crippen molar-refractivity contribution < 1.29 is 19.8 Å². The van der Waals surface area contributed by atoms with Gasteiger partial charge in [-0.2, -0.15) is 0 Å². The Morgan fingerprint density at radius 2 is 1.56 bits per heavy atom. The molecule has 0 spiro atoms. The van der Waals surface area contributed by atoms with E-state index < -0.39 is 22.9 Å². The predicted molar refractivity (Wildman–Crippen MR) is 133 cm³/mol. The number of allylic oxidation sites excluding steroid dienone is 2. The van der Waals surface area contributed by atoms with E-state index >= 15 is 0 Å². The first kappa shape index (κ1) is 24.5. The maximum absolute atomic E-state index is 14.2. The molecule has 4 fully saturated rings. The van der Waals surface area contributed by atoms with Gasteiger partial charge in [0.2, 0.25) is 0 Å². The first-order valence-corrected chi connectivity index (χ1v) is 13.7. The summed E-state index contributed by atoms with van der Waals surface area (Å²) in [4.78, 5) is 26.7. The number of rotatable bonds is 1. The van der Waals surface area contributed by atoms with Crippen molar-refractivity contribution >= 4 is 11.8 Å². The second-order valence-electron chi connectivity index (χ2n) is 15.0. The molecule has 0 radical (unpaired) electrons. The van der Waals surface area contributed by atoms with E-state index in [4.69, 9.17) is 0 Å². The molecule has 34 heavy (non-hydrogen) atoms. The molecule has 0 saturated heterocycles. The van der Waals surface area contributed by atoms with Crippen LogP contribution in [0.3, 0.4) is 0 Å². The quantitative estimate of drug-likeness (QED) is 0.464. The minimum Gasteiger partial charge on any atom is -0.481 e. The topological polar surface area (TPSA) is 74.6 Å². The largest absolute Gasteiger partial charge is 0.481 e. The van der Waals surface area contributed by atoms with Crippen molar-refractivity contribution in [3.63, 3.8) is 0 Å². The summed E-state index contributed by atoms with van der Waals surface area (Å²) >= 11 is 0. The van der Waals surface area contributed by atoms with Crippen molar-refractivity contribution in [3.8, 4) is 0 Å². The molecule has 5 aliphatic carbocycles. The van der Waals surface area contributed by atoms with Gasteiger partial charge in [-0.25, -0.2) is 0 Å². The summed E-state index contributed by atoms with van der Waals surface area (Å²) in [5, 5.41) is 21.1. The van der Waals surface area contributed by atoms with Crippen molar-refractivity contribution in [2.24, 2.45) is 50.2 Å². The minimum absolute atomic E-state index is 0.0349. The molecule has 0 aliphatic heterocycles. The Morgan fingerprint density at radius 3 is 2.21 bits per heavy atom. The summed E-state index contributed by atoms with van der Waals surface area (Å²) in [6.45, 7) is 16.0. The molecule has 0 amide bonds. The number of hydrogen-bond donors (Lipinski definition) is 2. The van der Waals surface area contributed by atoms with Crippen LogP contribution in [-0.2, 0) is 9.59 Å². The monoisotopic (exact) mass is 470 g/mol. The van der Waals surface area contributed by atoms with Crippen LogP contribution in [0.4, 0.5) is 0 Å². The van der Waals surface area contributed by atoms with Crippen LogP contribution in [0.5, 0.6) is 0 Å². The van der Waals surface area contributed by atoms with Crippen LogP contribution < -0.4 is 0 Å². The number of fused-ring (bicyclic) bond motifs is 7. The van der Waals surface area contributed by atoms with Gasteiger partial charge < -0.3 is 10.2 Å². The van der Waals surface area contributed by atoms with Gasteiger partial charge in [0.25, 0.3) is 0 Å². The molecule has 1 unspecified atom stereocenters. The average molecular weight is 471 g/mol. The van der Waals surface area contributed by atoms with Gasteiger partial charge in [-0.05, 0) is 110 Å². The van der Waals surface area contributed by atoms with Crippen LogP contribution >= 0.6 is 0 Å². The molecule has 0 aromatic carbocycles. The lowest BCUT2D eigenvalue weighted by Gasteiger charge is -2.70. The van der Waals surface area contributed by atoms with Crippen molar-refractivity contribution in [2.75, 3.05) is 0 Å². The normalized spacial score (nSPS) is 54.1. The van der Waals surface area contributed by atoms with Crippen molar-refractivity contribution in [1.82, 2.24) is 0 Å². The molecule has 2 N–H and O–H groups in total. The predicted octanol–water partition coefficient (Wildman–Crippen LogP) is 6.41. The molecule has 5 aliphatic rings. The van der Waals surface area contributed by atoms with Gasteiger partial charge in [0.15, 0.2) is 5.78 Å². The van der Waals surface area contributed by atoms with Crippen LogP contribution in [0.1, 0.15) is 106 Å². The molecule has 0 aromatic rings. The summed E-state index contributed by atoms with van der Waals surface area (Å²) in [7, 11) is 0. The minimum atomic E-state index is -1.20. The molecular formula is C30H46O4. The molecule has 9 atom stereocenters. The fourth-order valence-electron chi connectivity index (χ4n) is 10.3. The molecule has 0 heterocycles. The number of carbonyl (C=O) groups is 2. The summed E-state index contributed by atoms with van der Waals surface area (Å²) in [5.74, 6) is -0.592. The Balaban J connectivity index is 1.64. The zero-order chi connectivity index (χ0) is 25.1. The van der Waals surface area contributed by atoms with Crippen LogP contribution in [-0.4, -0.2) is 28.1 Å².